The number of amides is 1. The molecule has 0 aliphatic heterocycles. The normalized spacial score (nSPS) is 17.9. The van der Waals surface area contributed by atoms with E-state index in [1.165, 1.54) is 0 Å². The van der Waals surface area contributed by atoms with Crippen molar-refractivity contribution in [3.05, 3.63) is 53.2 Å². The summed E-state index contributed by atoms with van der Waals surface area (Å²) in [6.07, 6.45) is 7.64. The van der Waals surface area contributed by atoms with Gasteiger partial charge in [-0.15, -0.1) is 0 Å². The van der Waals surface area contributed by atoms with E-state index in [2.05, 4.69) is 22.5 Å². The Balaban J connectivity index is 1.73. The summed E-state index contributed by atoms with van der Waals surface area (Å²) in [6, 6.07) is 9.21. The third-order valence-corrected chi connectivity index (χ3v) is 4.14. The summed E-state index contributed by atoms with van der Waals surface area (Å²) in [4.78, 5) is 16.6. The average molecular weight is 301 g/mol. The lowest BCUT2D eigenvalue weighted by Crippen LogP contribution is -2.30. The summed E-state index contributed by atoms with van der Waals surface area (Å²) in [6.45, 7) is 0.690. The second kappa shape index (κ2) is 6.27. The minimum absolute atomic E-state index is 0.155. The van der Waals surface area contributed by atoms with Gasteiger partial charge in [-0.3, -0.25) is 4.79 Å². The van der Waals surface area contributed by atoms with Crippen molar-refractivity contribution in [2.45, 2.75) is 19.3 Å². The highest BCUT2D eigenvalue weighted by atomic mass is 35.5. The van der Waals surface area contributed by atoms with Gasteiger partial charge >= 0.3 is 0 Å². The van der Waals surface area contributed by atoms with Crippen LogP contribution >= 0.6 is 11.6 Å². The first-order valence-corrected chi connectivity index (χ1v) is 7.60. The Kier molecular flexibility index (Phi) is 4.20. The molecule has 21 heavy (non-hydrogen) atoms. The van der Waals surface area contributed by atoms with Gasteiger partial charge in [0.25, 0.3) is 5.91 Å². The van der Waals surface area contributed by atoms with Crippen LogP contribution in [-0.2, 0) is 0 Å². The number of hydrogen-bond donors (Lipinski definition) is 1. The molecule has 108 valence electrons. The van der Waals surface area contributed by atoms with E-state index in [0.717, 1.165) is 30.2 Å². The molecule has 0 saturated carbocycles. The molecule has 3 rings (SSSR count). The lowest BCUT2D eigenvalue weighted by Gasteiger charge is -2.18. The molecule has 1 amide bonds. The maximum absolute atomic E-state index is 12.2. The molecule has 1 heterocycles. The van der Waals surface area contributed by atoms with Gasteiger partial charge in [-0.25, -0.2) is 4.98 Å². The van der Waals surface area contributed by atoms with E-state index in [1.807, 2.05) is 24.3 Å². The summed E-state index contributed by atoms with van der Waals surface area (Å²) in [5, 5.41) is 4.40. The molecule has 1 aliphatic rings. The van der Waals surface area contributed by atoms with Crippen molar-refractivity contribution in [2.24, 2.45) is 5.92 Å². The number of nitrogens with zero attached hydrogens (tertiary/aromatic N) is 1. The molecule has 0 bridgehead atoms. The topological polar surface area (TPSA) is 42.0 Å². The highest BCUT2D eigenvalue weighted by molar-refractivity contribution is 6.35. The predicted molar refractivity (Wildman–Crippen MR) is 85.6 cm³/mol. The van der Waals surface area contributed by atoms with Gasteiger partial charge < -0.3 is 5.32 Å². The van der Waals surface area contributed by atoms with Gasteiger partial charge in [0, 0.05) is 11.9 Å². The zero-order valence-corrected chi connectivity index (χ0v) is 12.4. The average Bonchev–Trinajstić information content (AvgIpc) is 2.53. The quantitative estimate of drug-likeness (QED) is 0.871. The van der Waals surface area contributed by atoms with E-state index in [-0.39, 0.29) is 5.91 Å². The minimum atomic E-state index is -0.155. The molecular weight excluding hydrogens is 284 g/mol. The summed E-state index contributed by atoms with van der Waals surface area (Å²) >= 11 is 6.23. The van der Waals surface area contributed by atoms with Crippen LogP contribution in [0.1, 0.15) is 29.8 Å². The molecule has 1 unspecified atom stereocenters. The Morgan fingerprint density at radius 2 is 2.19 bits per heavy atom. The third kappa shape index (κ3) is 3.24. The number of fused-ring (bicyclic) bond motifs is 1. The number of benzene rings is 1. The number of pyridine rings is 1. The first-order chi connectivity index (χ1) is 10.2. The Morgan fingerprint density at radius 3 is 3.00 bits per heavy atom. The van der Waals surface area contributed by atoms with Crippen LogP contribution in [0.5, 0.6) is 0 Å². The number of hydrogen-bond acceptors (Lipinski definition) is 2. The summed E-state index contributed by atoms with van der Waals surface area (Å²) in [5.41, 5.74) is 1.13. The number of aromatic nitrogens is 1. The van der Waals surface area contributed by atoms with Crippen LogP contribution in [0, 0.1) is 5.92 Å². The van der Waals surface area contributed by atoms with Crippen molar-refractivity contribution in [3.8, 4) is 0 Å². The largest absolute Gasteiger partial charge is 0.350 e. The van der Waals surface area contributed by atoms with E-state index < -0.39 is 0 Å². The Bertz CT molecular complexity index is 696. The van der Waals surface area contributed by atoms with Crippen LogP contribution in [0.4, 0.5) is 0 Å². The van der Waals surface area contributed by atoms with Crippen LogP contribution in [-0.4, -0.2) is 17.4 Å². The smallest absolute Gasteiger partial charge is 0.269 e. The molecular formula is C17H17ClN2O. The van der Waals surface area contributed by atoms with Crippen molar-refractivity contribution in [1.29, 1.82) is 0 Å². The summed E-state index contributed by atoms with van der Waals surface area (Å²) in [5.74, 6) is 0.368. The first-order valence-electron chi connectivity index (χ1n) is 7.22. The molecule has 0 saturated heterocycles. The number of carbonyl (C=O) groups is 1. The van der Waals surface area contributed by atoms with Crippen molar-refractivity contribution >= 4 is 28.4 Å². The van der Waals surface area contributed by atoms with Gasteiger partial charge in [-0.05, 0) is 37.3 Å². The molecule has 1 atom stereocenters. The number of para-hydroxylation sites is 1. The lowest BCUT2D eigenvalue weighted by molar-refractivity contribution is 0.0941. The number of nitrogens with one attached hydrogen (secondary N) is 1. The zero-order valence-electron chi connectivity index (χ0n) is 11.7. The molecule has 2 aromatic rings. The first kappa shape index (κ1) is 14.1. The SMILES string of the molecule is O=C(NCC1CC=CCC1)c1cc(Cl)c2ccccc2n1. The standard InChI is InChI=1S/C17H17ClN2O/c18-14-10-16(20-15-9-5-4-8-13(14)15)17(21)19-11-12-6-2-1-3-7-12/h1-2,4-5,8-10,12H,3,6-7,11H2,(H,19,21). The fourth-order valence-electron chi connectivity index (χ4n) is 2.62. The van der Waals surface area contributed by atoms with E-state index in [1.54, 1.807) is 6.07 Å². The molecule has 3 nitrogen and oxygen atoms in total. The maximum Gasteiger partial charge on any atom is 0.269 e. The molecule has 1 aliphatic carbocycles. The van der Waals surface area contributed by atoms with Crippen LogP contribution < -0.4 is 5.32 Å². The molecule has 0 radical (unpaired) electrons. The number of allylic oxidation sites excluding steroid dienone is 2. The summed E-state index contributed by atoms with van der Waals surface area (Å²) in [7, 11) is 0. The van der Waals surface area contributed by atoms with Gasteiger partial charge in [0.1, 0.15) is 5.69 Å². The van der Waals surface area contributed by atoms with Crippen molar-refractivity contribution < 1.29 is 4.79 Å². The van der Waals surface area contributed by atoms with Crippen molar-refractivity contribution in [1.82, 2.24) is 10.3 Å². The van der Waals surface area contributed by atoms with Gasteiger partial charge in [0.05, 0.1) is 10.5 Å². The molecule has 1 N–H and O–H groups in total. The predicted octanol–water partition coefficient (Wildman–Crippen LogP) is 3.97. The number of rotatable bonds is 3. The molecule has 4 heteroatoms. The Morgan fingerprint density at radius 1 is 1.33 bits per heavy atom. The number of carbonyl (C=O) groups excluding carboxylic acids is 1. The Labute approximate surface area is 129 Å². The minimum Gasteiger partial charge on any atom is -0.350 e. The van der Waals surface area contributed by atoms with Crippen LogP contribution in [0.2, 0.25) is 5.02 Å². The van der Waals surface area contributed by atoms with E-state index >= 15 is 0 Å². The molecule has 1 aromatic carbocycles. The van der Waals surface area contributed by atoms with E-state index in [0.29, 0.717) is 23.2 Å². The lowest BCUT2D eigenvalue weighted by atomic mass is 9.94. The number of halogens is 1. The summed E-state index contributed by atoms with van der Waals surface area (Å²) < 4.78 is 0. The second-order valence-corrected chi connectivity index (χ2v) is 5.77. The van der Waals surface area contributed by atoms with Crippen molar-refractivity contribution in [2.75, 3.05) is 6.54 Å². The second-order valence-electron chi connectivity index (χ2n) is 5.37. The molecule has 0 fully saturated rings. The highest BCUT2D eigenvalue weighted by Crippen LogP contribution is 2.23. The van der Waals surface area contributed by atoms with Crippen LogP contribution in [0.15, 0.2) is 42.5 Å². The van der Waals surface area contributed by atoms with Gasteiger partial charge in [0.15, 0.2) is 0 Å². The fraction of sp³-hybridized carbons (Fsp3) is 0.294. The van der Waals surface area contributed by atoms with E-state index in [4.69, 9.17) is 11.6 Å². The van der Waals surface area contributed by atoms with Gasteiger partial charge in [0.2, 0.25) is 0 Å². The van der Waals surface area contributed by atoms with E-state index in [9.17, 15) is 4.79 Å². The van der Waals surface area contributed by atoms with Crippen LogP contribution in [0.25, 0.3) is 10.9 Å². The highest BCUT2D eigenvalue weighted by Gasteiger charge is 2.14. The van der Waals surface area contributed by atoms with Gasteiger partial charge in [-0.2, -0.15) is 0 Å². The monoisotopic (exact) mass is 300 g/mol. The maximum atomic E-state index is 12.2. The third-order valence-electron chi connectivity index (χ3n) is 3.83. The Hall–Kier alpha value is -1.87. The fourth-order valence-corrected chi connectivity index (χ4v) is 2.88. The van der Waals surface area contributed by atoms with Crippen molar-refractivity contribution in [3.63, 3.8) is 0 Å². The molecule has 0 spiro atoms. The van der Waals surface area contributed by atoms with Gasteiger partial charge in [-0.1, -0.05) is 42.0 Å². The molecule has 1 aromatic heterocycles. The van der Waals surface area contributed by atoms with Crippen LogP contribution in [0.3, 0.4) is 0 Å². The zero-order chi connectivity index (χ0) is 14.7.